The molecule has 1 nitrogen and oxygen atoms in total. The summed E-state index contributed by atoms with van der Waals surface area (Å²) in [5.41, 5.74) is 1.87. The van der Waals surface area contributed by atoms with E-state index in [9.17, 15) is 8.60 Å². The molecule has 2 rings (SSSR count). The lowest BCUT2D eigenvalue weighted by Gasteiger charge is -2.06. The van der Waals surface area contributed by atoms with Crippen molar-refractivity contribution in [1.29, 1.82) is 0 Å². The average molecular weight is 283 g/mol. The van der Waals surface area contributed by atoms with Gasteiger partial charge in [-0.05, 0) is 42.3 Å². The zero-order valence-corrected chi connectivity index (χ0v) is 11.4. The van der Waals surface area contributed by atoms with Gasteiger partial charge in [0, 0.05) is 9.92 Å². The molecule has 0 saturated carbocycles. The van der Waals surface area contributed by atoms with Gasteiger partial charge in [0.1, 0.15) is 5.82 Å². The van der Waals surface area contributed by atoms with Crippen molar-refractivity contribution in [2.75, 3.05) is 0 Å². The molecule has 0 aromatic heterocycles. The minimum atomic E-state index is -1.29. The first-order chi connectivity index (χ1) is 8.56. The van der Waals surface area contributed by atoms with E-state index < -0.39 is 10.8 Å². The van der Waals surface area contributed by atoms with Gasteiger partial charge in [-0.25, -0.2) is 4.39 Å². The van der Waals surface area contributed by atoms with Crippen LogP contribution in [0, 0.1) is 12.7 Å². The molecule has 0 amide bonds. The van der Waals surface area contributed by atoms with Crippen LogP contribution in [-0.2, 0) is 16.6 Å². The molecule has 0 fully saturated rings. The van der Waals surface area contributed by atoms with Crippen molar-refractivity contribution < 1.29 is 8.60 Å². The summed E-state index contributed by atoms with van der Waals surface area (Å²) in [7, 11) is -1.29. The van der Waals surface area contributed by atoms with E-state index in [1.807, 2.05) is 25.1 Å². The van der Waals surface area contributed by atoms with Gasteiger partial charge in [-0.3, -0.25) is 4.21 Å². The number of rotatable bonds is 3. The molecule has 4 heteroatoms. The molecule has 0 radical (unpaired) electrons. The highest BCUT2D eigenvalue weighted by molar-refractivity contribution is 7.84. The van der Waals surface area contributed by atoms with E-state index in [1.165, 1.54) is 12.1 Å². The molecule has 0 heterocycles. The highest BCUT2D eigenvalue weighted by Crippen LogP contribution is 2.21. The fourth-order valence-corrected chi connectivity index (χ4v) is 3.16. The summed E-state index contributed by atoms with van der Waals surface area (Å²) in [6.45, 7) is 1.94. The van der Waals surface area contributed by atoms with Crippen LogP contribution in [0.5, 0.6) is 0 Å². The summed E-state index contributed by atoms with van der Waals surface area (Å²) >= 11 is 6.08. The number of halogens is 2. The van der Waals surface area contributed by atoms with Crippen molar-refractivity contribution in [3.63, 3.8) is 0 Å². The van der Waals surface area contributed by atoms with Crippen molar-refractivity contribution in [1.82, 2.24) is 0 Å². The molecular weight excluding hydrogens is 271 g/mol. The Morgan fingerprint density at radius 1 is 1.22 bits per heavy atom. The second kappa shape index (κ2) is 5.63. The molecule has 2 aromatic rings. The molecule has 94 valence electrons. The summed E-state index contributed by atoms with van der Waals surface area (Å²) in [5.74, 6) is -0.0846. The minimum Gasteiger partial charge on any atom is -0.254 e. The fourth-order valence-electron chi connectivity index (χ4n) is 1.60. The smallest absolute Gasteiger partial charge is 0.124 e. The van der Waals surface area contributed by atoms with Crippen LogP contribution < -0.4 is 0 Å². The van der Waals surface area contributed by atoms with E-state index in [1.54, 1.807) is 12.1 Å². The van der Waals surface area contributed by atoms with Gasteiger partial charge in [0.05, 0.1) is 16.6 Å². The second-order valence-corrected chi connectivity index (χ2v) is 5.90. The van der Waals surface area contributed by atoms with Crippen LogP contribution in [0.25, 0.3) is 0 Å². The van der Waals surface area contributed by atoms with Crippen LogP contribution >= 0.6 is 11.6 Å². The molecular formula is C14H12ClFOS. The molecule has 0 aliphatic rings. The van der Waals surface area contributed by atoms with E-state index in [-0.39, 0.29) is 5.82 Å². The predicted molar refractivity (Wildman–Crippen MR) is 72.7 cm³/mol. The SMILES string of the molecule is Cc1ccc(CS(=O)c2cccc(F)c2)c(Cl)c1. The number of benzene rings is 2. The Bertz CT molecular complexity index is 598. The van der Waals surface area contributed by atoms with Crippen LogP contribution in [0.1, 0.15) is 11.1 Å². The molecule has 0 aliphatic carbocycles. The van der Waals surface area contributed by atoms with E-state index >= 15 is 0 Å². The topological polar surface area (TPSA) is 17.1 Å². The number of hydrogen-bond acceptors (Lipinski definition) is 1. The standard InChI is InChI=1S/C14H12ClFOS/c1-10-5-6-11(14(15)7-10)9-18(17)13-4-2-3-12(16)8-13/h2-8H,9H2,1H3. The molecule has 1 unspecified atom stereocenters. The zero-order valence-electron chi connectivity index (χ0n) is 9.82. The van der Waals surface area contributed by atoms with E-state index in [0.717, 1.165) is 11.1 Å². The quantitative estimate of drug-likeness (QED) is 0.828. The van der Waals surface area contributed by atoms with E-state index in [0.29, 0.717) is 15.7 Å². The lowest BCUT2D eigenvalue weighted by Crippen LogP contribution is -1.98. The second-order valence-electron chi connectivity index (χ2n) is 4.04. The Hall–Kier alpha value is -1.19. The van der Waals surface area contributed by atoms with E-state index in [4.69, 9.17) is 11.6 Å². The zero-order chi connectivity index (χ0) is 13.1. The van der Waals surface area contributed by atoms with Crippen LogP contribution in [0.15, 0.2) is 47.4 Å². The van der Waals surface area contributed by atoms with Gasteiger partial charge < -0.3 is 0 Å². The lowest BCUT2D eigenvalue weighted by atomic mass is 10.2. The summed E-state index contributed by atoms with van der Waals surface area (Å²) in [6, 6.07) is 11.4. The Balaban J connectivity index is 2.21. The first kappa shape index (κ1) is 13.2. The van der Waals surface area contributed by atoms with Crippen molar-refractivity contribution in [2.24, 2.45) is 0 Å². The van der Waals surface area contributed by atoms with Crippen LogP contribution in [0.2, 0.25) is 5.02 Å². The summed E-state index contributed by atoms with van der Waals surface area (Å²) in [4.78, 5) is 0.478. The van der Waals surface area contributed by atoms with Crippen molar-refractivity contribution in [3.05, 3.63) is 64.4 Å². The predicted octanol–water partition coefficient (Wildman–Crippen LogP) is 4.10. The first-order valence-corrected chi connectivity index (χ1v) is 7.15. The summed E-state index contributed by atoms with van der Waals surface area (Å²) in [5, 5.41) is 0.597. The third kappa shape index (κ3) is 3.18. The number of hydrogen-bond donors (Lipinski definition) is 0. The van der Waals surface area contributed by atoms with Gasteiger partial charge in [0.2, 0.25) is 0 Å². The largest absolute Gasteiger partial charge is 0.254 e. The molecule has 0 N–H and O–H groups in total. The van der Waals surface area contributed by atoms with Gasteiger partial charge in [0.15, 0.2) is 0 Å². The number of aryl methyl sites for hydroxylation is 1. The van der Waals surface area contributed by atoms with Gasteiger partial charge in [-0.15, -0.1) is 0 Å². The summed E-state index contributed by atoms with van der Waals surface area (Å²) in [6.07, 6.45) is 0. The normalized spacial score (nSPS) is 12.4. The Labute approximate surface area is 113 Å². The molecule has 0 bridgehead atoms. The maximum Gasteiger partial charge on any atom is 0.124 e. The monoisotopic (exact) mass is 282 g/mol. The van der Waals surface area contributed by atoms with Gasteiger partial charge >= 0.3 is 0 Å². The third-order valence-corrected chi connectivity index (χ3v) is 4.26. The van der Waals surface area contributed by atoms with Crippen molar-refractivity contribution >= 4 is 22.4 Å². The van der Waals surface area contributed by atoms with Crippen molar-refractivity contribution in [3.8, 4) is 0 Å². The van der Waals surface area contributed by atoms with Crippen LogP contribution in [0.4, 0.5) is 4.39 Å². The Kier molecular flexibility index (Phi) is 4.15. The Morgan fingerprint density at radius 3 is 2.67 bits per heavy atom. The maximum absolute atomic E-state index is 13.0. The van der Waals surface area contributed by atoms with Gasteiger partial charge in [-0.1, -0.05) is 29.8 Å². The minimum absolute atomic E-state index is 0.294. The molecule has 1 atom stereocenters. The van der Waals surface area contributed by atoms with E-state index in [2.05, 4.69) is 0 Å². The van der Waals surface area contributed by atoms with Crippen LogP contribution in [-0.4, -0.2) is 4.21 Å². The average Bonchev–Trinajstić information content (AvgIpc) is 2.32. The molecule has 2 aromatic carbocycles. The molecule has 0 aliphatic heterocycles. The molecule has 0 spiro atoms. The Morgan fingerprint density at radius 2 is 2.00 bits per heavy atom. The lowest BCUT2D eigenvalue weighted by molar-refractivity contribution is 0.622. The fraction of sp³-hybridized carbons (Fsp3) is 0.143. The van der Waals surface area contributed by atoms with Crippen molar-refractivity contribution in [2.45, 2.75) is 17.6 Å². The van der Waals surface area contributed by atoms with Gasteiger partial charge in [0.25, 0.3) is 0 Å². The van der Waals surface area contributed by atoms with Gasteiger partial charge in [-0.2, -0.15) is 0 Å². The maximum atomic E-state index is 13.0. The first-order valence-electron chi connectivity index (χ1n) is 5.45. The summed E-state index contributed by atoms with van der Waals surface area (Å²) < 4.78 is 25.1. The van der Waals surface area contributed by atoms with Crippen LogP contribution in [0.3, 0.4) is 0 Å². The highest BCUT2D eigenvalue weighted by atomic mass is 35.5. The molecule has 0 saturated heterocycles. The highest BCUT2D eigenvalue weighted by Gasteiger charge is 2.09. The third-order valence-electron chi connectivity index (χ3n) is 2.55. The molecule has 18 heavy (non-hydrogen) atoms.